The molecule has 1 atom stereocenters. The second-order valence-electron chi connectivity index (χ2n) is 13.8. The minimum absolute atomic E-state index is 0.0472. The summed E-state index contributed by atoms with van der Waals surface area (Å²) in [7, 11) is 0. The van der Waals surface area contributed by atoms with Crippen molar-refractivity contribution in [3.05, 3.63) is 228 Å². The molecule has 54 heavy (non-hydrogen) atoms. The zero-order chi connectivity index (χ0) is 35.8. The van der Waals surface area contributed by atoms with Crippen molar-refractivity contribution in [3.8, 4) is 11.1 Å². The number of nitrogens with zero attached hydrogens (tertiary/aromatic N) is 2. The van der Waals surface area contributed by atoms with Gasteiger partial charge in [0.1, 0.15) is 11.7 Å². The highest BCUT2D eigenvalue weighted by Gasteiger charge is 2.25. The van der Waals surface area contributed by atoms with Crippen molar-refractivity contribution in [2.45, 2.75) is 12.2 Å². The van der Waals surface area contributed by atoms with Crippen LogP contribution in [-0.2, 0) is 0 Å². The van der Waals surface area contributed by atoms with E-state index in [4.69, 9.17) is 9.98 Å². The van der Waals surface area contributed by atoms with Gasteiger partial charge in [0.25, 0.3) is 0 Å². The van der Waals surface area contributed by atoms with E-state index < -0.39 is 0 Å². The molecule has 0 fully saturated rings. The average Bonchev–Trinajstić information content (AvgIpc) is 3.26. The molecular weight excluding hydrogens is 657 g/mol. The quantitative estimate of drug-likeness (QED) is 0.182. The molecule has 2 aliphatic heterocycles. The maximum Gasteiger partial charge on any atom is 0.169 e. The first-order valence-electron chi connectivity index (χ1n) is 18.5. The highest BCUT2D eigenvalue weighted by molar-refractivity contribution is 6.16. The van der Waals surface area contributed by atoms with Crippen molar-refractivity contribution in [2.75, 3.05) is 5.32 Å². The molecule has 0 aliphatic carbocycles. The van der Waals surface area contributed by atoms with Crippen LogP contribution in [0.3, 0.4) is 0 Å². The molecule has 0 saturated heterocycles. The lowest BCUT2D eigenvalue weighted by Crippen LogP contribution is -2.35. The smallest absolute Gasteiger partial charge is 0.169 e. The van der Waals surface area contributed by atoms with E-state index >= 15 is 0 Å². The zero-order valence-electron chi connectivity index (χ0n) is 29.5. The Morgan fingerprint density at radius 3 is 1.72 bits per heavy atom. The largest absolute Gasteiger partial charge is 0.374 e. The Bertz CT molecular complexity index is 2690. The molecule has 8 aromatic carbocycles. The Labute approximate surface area is 314 Å². The van der Waals surface area contributed by atoms with Crippen molar-refractivity contribution in [2.24, 2.45) is 9.98 Å². The number of fused-ring (bicyclic) bond motifs is 4. The van der Waals surface area contributed by atoms with Crippen LogP contribution < -0.4 is 10.6 Å². The van der Waals surface area contributed by atoms with Gasteiger partial charge in [-0.2, -0.15) is 0 Å². The third-order valence-electron chi connectivity index (χ3n) is 10.6. The molecule has 0 radical (unpaired) electrons. The lowest BCUT2D eigenvalue weighted by molar-refractivity contribution is 0.756. The molecule has 4 nitrogen and oxygen atoms in total. The minimum atomic E-state index is -0.373. The van der Waals surface area contributed by atoms with Gasteiger partial charge in [-0.15, -0.1) is 0 Å². The van der Waals surface area contributed by atoms with Gasteiger partial charge in [-0.25, -0.2) is 9.98 Å². The van der Waals surface area contributed by atoms with E-state index in [-0.39, 0.29) is 12.2 Å². The van der Waals surface area contributed by atoms with Crippen LogP contribution in [0.25, 0.3) is 38.2 Å². The SMILES string of the molecule is C1=C(c2cccc3ccccc23)c2c(ccc3c(-c4ccc(C5N=C(c6ccccc6)NC(c6ccccc6)=N5)cc4)cccc23)NC1c1ccccc1. The summed E-state index contributed by atoms with van der Waals surface area (Å²) >= 11 is 0. The summed E-state index contributed by atoms with van der Waals surface area (Å²) in [4.78, 5) is 10.2. The highest BCUT2D eigenvalue weighted by Crippen LogP contribution is 2.45. The summed E-state index contributed by atoms with van der Waals surface area (Å²) in [6, 6.07) is 66.6. The Morgan fingerprint density at radius 1 is 0.407 bits per heavy atom. The molecule has 0 amide bonds. The van der Waals surface area contributed by atoms with E-state index in [0.717, 1.165) is 39.6 Å². The molecule has 8 aromatic rings. The first-order valence-corrected chi connectivity index (χ1v) is 18.5. The fourth-order valence-corrected chi connectivity index (χ4v) is 7.92. The molecule has 0 aromatic heterocycles. The van der Waals surface area contributed by atoms with Gasteiger partial charge >= 0.3 is 0 Å². The van der Waals surface area contributed by atoms with Gasteiger partial charge < -0.3 is 10.6 Å². The predicted octanol–water partition coefficient (Wildman–Crippen LogP) is 11.8. The first-order chi connectivity index (χ1) is 26.8. The number of anilines is 1. The summed E-state index contributed by atoms with van der Waals surface area (Å²) in [5.41, 5.74) is 11.5. The van der Waals surface area contributed by atoms with Crippen LogP contribution >= 0.6 is 0 Å². The van der Waals surface area contributed by atoms with Gasteiger partial charge in [-0.05, 0) is 67.1 Å². The van der Waals surface area contributed by atoms with Crippen LogP contribution in [0.1, 0.15) is 45.6 Å². The molecule has 0 spiro atoms. The Kier molecular flexibility index (Phi) is 7.92. The van der Waals surface area contributed by atoms with Crippen LogP contribution in [0.2, 0.25) is 0 Å². The van der Waals surface area contributed by atoms with Gasteiger partial charge in [0.2, 0.25) is 0 Å². The summed E-state index contributed by atoms with van der Waals surface area (Å²) in [5.74, 6) is 1.63. The van der Waals surface area contributed by atoms with Gasteiger partial charge in [-0.3, -0.25) is 0 Å². The Hall–Kier alpha value is -7.04. The Morgan fingerprint density at radius 2 is 1.00 bits per heavy atom. The summed E-state index contributed by atoms with van der Waals surface area (Å²) in [6.45, 7) is 0. The fraction of sp³-hybridized carbons (Fsp3) is 0.0400. The van der Waals surface area contributed by atoms with Gasteiger partial charge in [-0.1, -0.05) is 182 Å². The van der Waals surface area contributed by atoms with Crippen LogP contribution in [0, 0.1) is 0 Å². The van der Waals surface area contributed by atoms with Crippen molar-refractivity contribution >= 4 is 44.5 Å². The number of benzene rings is 8. The molecule has 10 rings (SSSR count). The molecular formula is C50H36N4. The summed E-state index contributed by atoms with van der Waals surface area (Å²) in [6.07, 6.45) is 2.04. The van der Waals surface area contributed by atoms with E-state index in [1.807, 2.05) is 36.4 Å². The van der Waals surface area contributed by atoms with Crippen LogP contribution in [0.15, 0.2) is 204 Å². The van der Waals surface area contributed by atoms with Crippen molar-refractivity contribution < 1.29 is 0 Å². The third-order valence-corrected chi connectivity index (χ3v) is 10.6. The number of nitrogens with one attached hydrogen (secondary N) is 2. The Balaban J connectivity index is 1.07. The van der Waals surface area contributed by atoms with E-state index in [1.54, 1.807) is 0 Å². The monoisotopic (exact) mass is 692 g/mol. The van der Waals surface area contributed by atoms with Crippen LogP contribution in [0.5, 0.6) is 0 Å². The summed E-state index contributed by atoms with van der Waals surface area (Å²) in [5, 5.41) is 12.3. The van der Waals surface area contributed by atoms with Gasteiger partial charge in [0, 0.05) is 22.4 Å². The standard InChI is InChI=1S/C50H36N4/c1-4-15-35(16-5-1)46-32-44(41-24-12-21-33-14-10-11-22-39(33)41)47-43-25-13-23-40(42(43)30-31-45(47)51-46)34-26-28-38(29-27-34)50-53-48(36-17-6-2-7-18-36)52-49(54-50)37-19-8-3-9-20-37/h1-32,46,50-51H,(H,52,53,54). The zero-order valence-corrected chi connectivity index (χ0v) is 29.5. The summed E-state index contributed by atoms with van der Waals surface area (Å²) < 4.78 is 0. The number of rotatable bonds is 6. The molecule has 2 aliphatic rings. The molecule has 2 N–H and O–H groups in total. The molecule has 1 unspecified atom stereocenters. The van der Waals surface area contributed by atoms with E-state index in [0.29, 0.717) is 0 Å². The van der Waals surface area contributed by atoms with Crippen molar-refractivity contribution in [1.82, 2.24) is 5.32 Å². The van der Waals surface area contributed by atoms with E-state index in [9.17, 15) is 0 Å². The van der Waals surface area contributed by atoms with Gasteiger partial charge in [0.05, 0.1) is 6.04 Å². The topological polar surface area (TPSA) is 48.8 Å². The molecule has 2 heterocycles. The van der Waals surface area contributed by atoms with Crippen molar-refractivity contribution in [3.63, 3.8) is 0 Å². The second kappa shape index (κ2) is 13.5. The maximum absolute atomic E-state index is 5.09. The molecule has 0 saturated carbocycles. The fourth-order valence-electron chi connectivity index (χ4n) is 7.92. The van der Waals surface area contributed by atoms with E-state index in [1.165, 1.54) is 49.4 Å². The number of amidine groups is 2. The third kappa shape index (κ3) is 5.75. The number of hydrogen-bond acceptors (Lipinski definition) is 4. The van der Waals surface area contributed by atoms with Gasteiger partial charge in [0.15, 0.2) is 6.17 Å². The highest BCUT2D eigenvalue weighted by atomic mass is 15.2. The second-order valence-corrected chi connectivity index (χ2v) is 13.8. The normalized spacial score (nSPS) is 15.4. The predicted molar refractivity (Wildman–Crippen MR) is 225 cm³/mol. The molecule has 4 heteroatoms. The van der Waals surface area contributed by atoms with Crippen LogP contribution in [-0.4, -0.2) is 11.7 Å². The van der Waals surface area contributed by atoms with Crippen LogP contribution in [0.4, 0.5) is 5.69 Å². The lowest BCUT2D eigenvalue weighted by Gasteiger charge is -2.29. The average molecular weight is 693 g/mol. The molecule has 256 valence electrons. The first kappa shape index (κ1) is 31.7. The maximum atomic E-state index is 5.09. The van der Waals surface area contributed by atoms with E-state index in [2.05, 4.69) is 168 Å². The molecule has 0 bridgehead atoms. The minimum Gasteiger partial charge on any atom is -0.374 e. The van der Waals surface area contributed by atoms with Crippen molar-refractivity contribution in [1.29, 1.82) is 0 Å². The number of hydrogen-bond donors (Lipinski definition) is 2. The number of aliphatic imine (C=N–C) groups is 2. The lowest BCUT2D eigenvalue weighted by atomic mass is 9.83.